The van der Waals surface area contributed by atoms with Crippen LogP contribution in [0.1, 0.15) is 12.6 Å². The maximum absolute atomic E-state index is 11.9. The summed E-state index contributed by atoms with van der Waals surface area (Å²) in [6.45, 7) is 1.89. The van der Waals surface area contributed by atoms with Crippen molar-refractivity contribution in [3.8, 4) is 16.3 Å². The summed E-state index contributed by atoms with van der Waals surface area (Å²) < 4.78 is 10.0. The summed E-state index contributed by atoms with van der Waals surface area (Å²) in [7, 11) is 1.65. The molecule has 1 heterocycles. The summed E-state index contributed by atoms with van der Waals surface area (Å²) in [6, 6.07) is 12.0. The quantitative estimate of drug-likeness (QED) is 0.633. The summed E-state index contributed by atoms with van der Waals surface area (Å²) in [4.78, 5) is 27.8. The Kier molecular flexibility index (Phi) is 6.03. The number of aromatic nitrogens is 1. The molecule has 3 rings (SSSR count). The highest BCUT2D eigenvalue weighted by Gasteiger charge is 2.11. The predicted molar refractivity (Wildman–Crippen MR) is 105 cm³/mol. The molecule has 2 aromatic carbocycles. The van der Waals surface area contributed by atoms with Crippen molar-refractivity contribution in [2.75, 3.05) is 20.3 Å². The molecule has 1 aromatic heterocycles. The number of nitrogens with one attached hydrogen (secondary N) is 1. The number of carbonyl (C=O) groups is 2. The van der Waals surface area contributed by atoms with E-state index in [0.717, 1.165) is 27.1 Å². The second kappa shape index (κ2) is 8.64. The van der Waals surface area contributed by atoms with Gasteiger partial charge in [-0.3, -0.25) is 9.59 Å². The minimum absolute atomic E-state index is 0.126. The molecule has 3 aromatic rings. The normalized spacial score (nSPS) is 10.6. The Morgan fingerprint density at radius 3 is 2.70 bits per heavy atom. The molecule has 0 saturated carbocycles. The highest BCUT2D eigenvalue weighted by Crippen LogP contribution is 2.29. The van der Waals surface area contributed by atoms with Gasteiger partial charge in [0.15, 0.2) is 0 Å². The van der Waals surface area contributed by atoms with Crippen molar-refractivity contribution in [2.24, 2.45) is 0 Å². The molecule has 0 unspecified atom stereocenters. The molecule has 0 saturated heterocycles. The molecule has 0 radical (unpaired) electrons. The summed E-state index contributed by atoms with van der Waals surface area (Å²) in [6.07, 6.45) is 0.126. The van der Waals surface area contributed by atoms with Gasteiger partial charge in [0.05, 0.1) is 25.8 Å². The van der Waals surface area contributed by atoms with E-state index < -0.39 is 5.97 Å². The monoisotopic (exact) mass is 384 g/mol. The van der Waals surface area contributed by atoms with Gasteiger partial charge in [-0.15, -0.1) is 11.3 Å². The van der Waals surface area contributed by atoms with Crippen molar-refractivity contribution < 1.29 is 19.1 Å². The van der Waals surface area contributed by atoms with E-state index >= 15 is 0 Å². The van der Waals surface area contributed by atoms with Crippen molar-refractivity contribution in [1.82, 2.24) is 10.3 Å². The number of esters is 1. The van der Waals surface area contributed by atoms with Gasteiger partial charge in [-0.05, 0) is 35.9 Å². The lowest BCUT2D eigenvalue weighted by Gasteiger charge is -2.04. The van der Waals surface area contributed by atoms with Crippen LogP contribution in [-0.2, 0) is 20.7 Å². The van der Waals surface area contributed by atoms with E-state index in [9.17, 15) is 9.59 Å². The average Bonchev–Trinajstić information content (AvgIpc) is 3.14. The zero-order valence-electron chi connectivity index (χ0n) is 15.2. The molecular formula is C20H20N2O4S. The first kappa shape index (κ1) is 18.8. The molecule has 140 valence electrons. The van der Waals surface area contributed by atoms with Crippen LogP contribution >= 0.6 is 11.3 Å². The molecule has 0 spiro atoms. The van der Waals surface area contributed by atoms with Gasteiger partial charge < -0.3 is 14.8 Å². The molecule has 0 aliphatic rings. The second-order valence-corrected chi connectivity index (χ2v) is 6.69. The van der Waals surface area contributed by atoms with E-state index in [1.165, 1.54) is 11.3 Å². The summed E-state index contributed by atoms with van der Waals surface area (Å²) in [5.74, 6) is 0.115. The number of amides is 1. The number of methoxy groups -OCH3 is 1. The molecule has 1 amide bonds. The number of nitrogens with zero attached hydrogens (tertiary/aromatic N) is 1. The van der Waals surface area contributed by atoms with Crippen LogP contribution in [0.3, 0.4) is 0 Å². The second-order valence-electron chi connectivity index (χ2n) is 5.83. The van der Waals surface area contributed by atoms with E-state index in [0.29, 0.717) is 12.3 Å². The number of hydrogen-bond acceptors (Lipinski definition) is 6. The topological polar surface area (TPSA) is 77.5 Å². The Balaban J connectivity index is 1.67. The van der Waals surface area contributed by atoms with Crippen molar-refractivity contribution in [3.63, 3.8) is 0 Å². The lowest BCUT2D eigenvalue weighted by Crippen LogP contribution is -2.31. The molecule has 27 heavy (non-hydrogen) atoms. The minimum Gasteiger partial charge on any atom is -0.497 e. The number of carbonyl (C=O) groups excluding carboxylic acids is 2. The smallest absolute Gasteiger partial charge is 0.325 e. The SMILES string of the molecule is CCOC(=O)CNC(=O)Cc1csc(-c2ccc3cc(OC)ccc3c2)n1. The largest absolute Gasteiger partial charge is 0.497 e. The maximum Gasteiger partial charge on any atom is 0.325 e. The number of fused-ring (bicyclic) bond motifs is 1. The first-order chi connectivity index (χ1) is 13.1. The standard InChI is InChI=1S/C20H20N2O4S/c1-3-26-19(24)11-21-18(23)10-16-12-27-20(22-16)15-5-4-14-9-17(25-2)7-6-13(14)8-15/h4-9,12H,3,10-11H2,1-2H3,(H,21,23). The fourth-order valence-corrected chi connectivity index (χ4v) is 3.43. The number of benzene rings is 2. The van der Waals surface area contributed by atoms with E-state index in [2.05, 4.69) is 16.4 Å². The zero-order valence-corrected chi connectivity index (χ0v) is 16.0. The van der Waals surface area contributed by atoms with Crippen LogP contribution in [0, 0.1) is 0 Å². The maximum atomic E-state index is 11.9. The van der Waals surface area contributed by atoms with E-state index in [4.69, 9.17) is 9.47 Å². The van der Waals surface area contributed by atoms with Crippen molar-refractivity contribution in [2.45, 2.75) is 13.3 Å². The fraction of sp³-hybridized carbons (Fsp3) is 0.250. The molecule has 0 aliphatic heterocycles. The minimum atomic E-state index is -0.447. The zero-order chi connectivity index (χ0) is 19.2. The van der Waals surface area contributed by atoms with Crippen LogP contribution in [0.5, 0.6) is 5.75 Å². The molecule has 6 nitrogen and oxygen atoms in total. The van der Waals surface area contributed by atoms with Crippen LogP contribution in [0.25, 0.3) is 21.3 Å². The number of thiazole rings is 1. The summed E-state index contributed by atoms with van der Waals surface area (Å²) in [5, 5.41) is 7.43. The number of hydrogen-bond donors (Lipinski definition) is 1. The van der Waals surface area contributed by atoms with E-state index in [1.807, 2.05) is 35.7 Å². The third-order valence-electron chi connectivity index (χ3n) is 3.92. The molecule has 1 N–H and O–H groups in total. The Bertz CT molecular complexity index is 968. The Morgan fingerprint density at radius 2 is 1.93 bits per heavy atom. The third kappa shape index (κ3) is 4.83. The fourth-order valence-electron chi connectivity index (χ4n) is 2.61. The molecule has 0 atom stereocenters. The Labute approximate surface area is 161 Å². The molecule has 7 heteroatoms. The number of ether oxygens (including phenoxy) is 2. The number of rotatable bonds is 7. The van der Waals surface area contributed by atoms with Gasteiger partial charge in [0.25, 0.3) is 0 Å². The van der Waals surface area contributed by atoms with Crippen molar-refractivity contribution in [3.05, 3.63) is 47.5 Å². The summed E-state index contributed by atoms with van der Waals surface area (Å²) in [5.41, 5.74) is 1.67. The van der Waals surface area contributed by atoms with Gasteiger partial charge in [0, 0.05) is 10.9 Å². The van der Waals surface area contributed by atoms with E-state index in [-0.39, 0.29) is 18.9 Å². The summed E-state index contributed by atoms with van der Waals surface area (Å²) >= 11 is 1.49. The van der Waals surface area contributed by atoms with Crippen LogP contribution in [0.15, 0.2) is 41.8 Å². The van der Waals surface area contributed by atoms with E-state index in [1.54, 1.807) is 14.0 Å². The molecule has 0 aliphatic carbocycles. The van der Waals surface area contributed by atoms with Crippen molar-refractivity contribution in [1.29, 1.82) is 0 Å². The highest BCUT2D eigenvalue weighted by atomic mass is 32.1. The molecule has 0 bridgehead atoms. The first-order valence-corrected chi connectivity index (χ1v) is 9.42. The molecule has 0 fully saturated rings. The van der Waals surface area contributed by atoms with Gasteiger partial charge in [-0.2, -0.15) is 0 Å². The van der Waals surface area contributed by atoms with Gasteiger partial charge in [-0.1, -0.05) is 18.2 Å². The van der Waals surface area contributed by atoms with Crippen LogP contribution in [0.2, 0.25) is 0 Å². The van der Waals surface area contributed by atoms with Gasteiger partial charge >= 0.3 is 5.97 Å². The van der Waals surface area contributed by atoms with Gasteiger partial charge in [-0.25, -0.2) is 4.98 Å². The van der Waals surface area contributed by atoms with Gasteiger partial charge in [0.1, 0.15) is 17.3 Å². The average molecular weight is 384 g/mol. The van der Waals surface area contributed by atoms with Crippen LogP contribution < -0.4 is 10.1 Å². The van der Waals surface area contributed by atoms with Gasteiger partial charge in [0.2, 0.25) is 5.91 Å². The lowest BCUT2D eigenvalue weighted by atomic mass is 10.1. The highest BCUT2D eigenvalue weighted by molar-refractivity contribution is 7.13. The third-order valence-corrected chi connectivity index (χ3v) is 4.86. The lowest BCUT2D eigenvalue weighted by molar-refractivity contribution is -0.143. The first-order valence-electron chi connectivity index (χ1n) is 8.54. The molecular weight excluding hydrogens is 364 g/mol. The Hall–Kier alpha value is -2.93. The van der Waals surface area contributed by atoms with Crippen LogP contribution in [0.4, 0.5) is 0 Å². The van der Waals surface area contributed by atoms with Crippen molar-refractivity contribution >= 4 is 34.0 Å². The van der Waals surface area contributed by atoms with Crippen LogP contribution in [-0.4, -0.2) is 37.1 Å². The Morgan fingerprint density at radius 1 is 1.15 bits per heavy atom. The predicted octanol–water partition coefficient (Wildman–Crippen LogP) is 3.19.